The molecule has 0 amide bonds. The van der Waals surface area contributed by atoms with Crippen molar-refractivity contribution >= 4 is 11.7 Å². The highest BCUT2D eigenvalue weighted by atomic mass is 19.1. The lowest BCUT2D eigenvalue weighted by molar-refractivity contribution is 0.0694. The summed E-state index contributed by atoms with van der Waals surface area (Å²) in [6.07, 6.45) is 1.00. The molecule has 0 unspecified atom stereocenters. The maximum Gasteiger partial charge on any atom is 0.337 e. The van der Waals surface area contributed by atoms with Gasteiger partial charge in [-0.05, 0) is 51.6 Å². The molecule has 1 fully saturated rings. The normalized spacial score (nSPS) is 14.4. The van der Waals surface area contributed by atoms with Crippen LogP contribution in [0.15, 0.2) is 54.6 Å². The molecule has 0 bridgehead atoms. The van der Waals surface area contributed by atoms with E-state index in [1.54, 1.807) is 25.1 Å². The van der Waals surface area contributed by atoms with Gasteiger partial charge in [0.15, 0.2) is 0 Å². The van der Waals surface area contributed by atoms with Crippen LogP contribution < -0.4 is 10.2 Å². The zero-order valence-electron chi connectivity index (χ0n) is 20.6. The van der Waals surface area contributed by atoms with Gasteiger partial charge in [-0.2, -0.15) is 0 Å². The SMILES string of the molecule is Cc1c(CNCCCN2CCN(c3ccccc3)CC2)c(C(=O)O)c(C)n1Cc1ccccc1F. The molecule has 1 aliphatic heterocycles. The van der Waals surface area contributed by atoms with Crippen molar-refractivity contribution in [3.8, 4) is 0 Å². The quantitative estimate of drug-likeness (QED) is 0.426. The van der Waals surface area contributed by atoms with Crippen LogP contribution in [-0.2, 0) is 13.1 Å². The first-order chi connectivity index (χ1) is 17.0. The van der Waals surface area contributed by atoms with Crippen molar-refractivity contribution in [3.63, 3.8) is 0 Å². The molecule has 0 spiro atoms. The maximum atomic E-state index is 14.2. The van der Waals surface area contributed by atoms with Crippen molar-refractivity contribution in [2.75, 3.05) is 44.2 Å². The average molecular weight is 479 g/mol. The number of anilines is 1. The lowest BCUT2D eigenvalue weighted by atomic mass is 10.1. The topological polar surface area (TPSA) is 60.7 Å². The number of nitrogens with zero attached hydrogens (tertiary/aromatic N) is 3. The molecule has 3 aromatic rings. The molecule has 0 atom stereocenters. The van der Waals surface area contributed by atoms with Crippen LogP contribution >= 0.6 is 0 Å². The Balaban J connectivity index is 1.29. The molecule has 1 saturated heterocycles. The van der Waals surface area contributed by atoms with Gasteiger partial charge in [-0.25, -0.2) is 9.18 Å². The van der Waals surface area contributed by atoms with E-state index >= 15 is 0 Å². The Morgan fingerprint density at radius 2 is 1.66 bits per heavy atom. The fourth-order valence-electron chi connectivity index (χ4n) is 4.99. The molecule has 7 heteroatoms. The number of carboxylic acid groups (broad SMARTS) is 1. The number of rotatable bonds is 10. The summed E-state index contributed by atoms with van der Waals surface area (Å²) in [7, 11) is 0. The Bertz CT molecular complexity index is 1140. The van der Waals surface area contributed by atoms with Crippen molar-refractivity contribution in [2.45, 2.75) is 33.4 Å². The summed E-state index contributed by atoms with van der Waals surface area (Å²) >= 11 is 0. The van der Waals surface area contributed by atoms with Gasteiger partial charge in [0, 0.05) is 60.9 Å². The van der Waals surface area contributed by atoms with Crippen LogP contribution in [0.25, 0.3) is 0 Å². The van der Waals surface area contributed by atoms with Crippen LogP contribution in [0.5, 0.6) is 0 Å². The summed E-state index contributed by atoms with van der Waals surface area (Å²) in [6, 6.07) is 17.2. The van der Waals surface area contributed by atoms with E-state index in [0.29, 0.717) is 29.9 Å². The van der Waals surface area contributed by atoms with Crippen LogP contribution in [0.3, 0.4) is 0 Å². The van der Waals surface area contributed by atoms with Gasteiger partial charge in [0.2, 0.25) is 0 Å². The van der Waals surface area contributed by atoms with Crippen LogP contribution in [0.4, 0.5) is 10.1 Å². The van der Waals surface area contributed by atoms with Crippen molar-refractivity contribution in [2.24, 2.45) is 0 Å². The summed E-state index contributed by atoms with van der Waals surface area (Å²) in [5.41, 5.74) is 4.47. The Morgan fingerprint density at radius 1 is 0.971 bits per heavy atom. The maximum absolute atomic E-state index is 14.2. The lowest BCUT2D eigenvalue weighted by Gasteiger charge is -2.36. The molecule has 2 N–H and O–H groups in total. The number of benzene rings is 2. The van der Waals surface area contributed by atoms with E-state index in [1.807, 2.05) is 17.6 Å². The minimum Gasteiger partial charge on any atom is -0.478 e. The second-order valence-electron chi connectivity index (χ2n) is 9.20. The van der Waals surface area contributed by atoms with Crippen molar-refractivity contribution in [1.82, 2.24) is 14.8 Å². The Labute approximate surface area is 207 Å². The molecule has 1 aromatic heterocycles. The van der Waals surface area contributed by atoms with Crippen LogP contribution in [0.1, 0.15) is 39.3 Å². The first kappa shape index (κ1) is 24.9. The predicted molar refractivity (Wildman–Crippen MR) is 138 cm³/mol. The van der Waals surface area contributed by atoms with E-state index in [-0.39, 0.29) is 5.82 Å². The number of piperazine rings is 1. The van der Waals surface area contributed by atoms with E-state index in [1.165, 1.54) is 11.8 Å². The van der Waals surface area contributed by atoms with Gasteiger partial charge in [0.1, 0.15) is 5.82 Å². The highest BCUT2D eigenvalue weighted by molar-refractivity contribution is 5.91. The summed E-state index contributed by atoms with van der Waals surface area (Å²) in [4.78, 5) is 16.9. The van der Waals surface area contributed by atoms with Gasteiger partial charge in [-0.15, -0.1) is 0 Å². The van der Waals surface area contributed by atoms with Gasteiger partial charge in [-0.1, -0.05) is 36.4 Å². The molecule has 186 valence electrons. The highest BCUT2D eigenvalue weighted by Crippen LogP contribution is 2.24. The van der Waals surface area contributed by atoms with E-state index in [9.17, 15) is 14.3 Å². The minimum absolute atomic E-state index is 0.277. The van der Waals surface area contributed by atoms with E-state index in [2.05, 4.69) is 39.4 Å². The summed E-state index contributed by atoms with van der Waals surface area (Å²) in [5, 5.41) is 13.3. The third-order valence-electron chi connectivity index (χ3n) is 7.03. The predicted octanol–water partition coefficient (Wildman–Crippen LogP) is 4.29. The van der Waals surface area contributed by atoms with Gasteiger partial charge in [0.25, 0.3) is 0 Å². The number of aromatic nitrogens is 1. The van der Waals surface area contributed by atoms with Crippen molar-refractivity contribution in [3.05, 3.63) is 88.5 Å². The fraction of sp³-hybridized carbons (Fsp3) is 0.393. The number of para-hydroxylation sites is 1. The third kappa shape index (κ3) is 5.92. The second kappa shape index (κ2) is 11.5. The second-order valence-corrected chi connectivity index (χ2v) is 9.20. The first-order valence-corrected chi connectivity index (χ1v) is 12.3. The molecule has 4 rings (SSSR count). The monoisotopic (exact) mass is 478 g/mol. The zero-order chi connectivity index (χ0) is 24.8. The third-order valence-corrected chi connectivity index (χ3v) is 7.03. The molecular formula is C28H35FN4O2. The summed E-state index contributed by atoms with van der Waals surface area (Å²) in [6.45, 7) is 10.5. The first-order valence-electron chi connectivity index (χ1n) is 12.3. The van der Waals surface area contributed by atoms with Gasteiger partial charge in [0.05, 0.1) is 12.1 Å². The molecule has 0 saturated carbocycles. The van der Waals surface area contributed by atoms with Gasteiger partial charge < -0.3 is 19.9 Å². The van der Waals surface area contributed by atoms with Crippen LogP contribution in [0, 0.1) is 19.7 Å². The van der Waals surface area contributed by atoms with Gasteiger partial charge in [-0.3, -0.25) is 4.90 Å². The molecular weight excluding hydrogens is 443 g/mol. The van der Waals surface area contributed by atoms with Crippen LogP contribution in [0.2, 0.25) is 0 Å². The van der Waals surface area contributed by atoms with Crippen LogP contribution in [-0.4, -0.2) is 59.8 Å². The zero-order valence-corrected chi connectivity index (χ0v) is 20.6. The van der Waals surface area contributed by atoms with Gasteiger partial charge >= 0.3 is 5.97 Å². The van der Waals surface area contributed by atoms with E-state index < -0.39 is 5.97 Å². The smallest absolute Gasteiger partial charge is 0.337 e. The standard InChI is InChI=1S/C28H35FN4O2/c1-21-25(27(28(34)35)22(2)33(21)20-23-9-6-7-12-26(23)29)19-30-13-8-14-31-15-17-32(18-16-31)24-10-4-3-5-11-24/h3-7,9-12,30H,8,13-20H2,1-2H3,(H,34,35). The summed E-state index contributed by atoms with van der Waals surface area (Å²) < 4.78 is 16.1. The highest BCUT2D eigenvalue weighted by Gasteiger charge is 2.23. The fourth-order valence-corrected chi connectivity index (χ4v) is 4.99. The summed E-state index contributed by atoms with van der Waals surface area (Å²) in [5.74, 6) is -1.22. The Morgan fingerprint density at radius 3 is 2.34 bits per heavy atom. The molecule has 0 radical (unpaired) electrons. The number of hydrogen-bond donors (Lipinski definition) is 2. The number of hydrogen-bond acceptors (Lipinski definition) is 4. The molecule has 0 aliphatic carbocycles. The molecule has 1 aliphatic rings. The Hall–Kier alpha value is -3.16. The molecule has 2 heterocycles. The number of halogens is 1. The lowest BCUT2D eigenvalue weighted by Crippen LogP contribution is -2.46. The van der Waals surface area contributed by atoms with E-state index in [4.69, 9.17) is 0 Å². The average Bonchev–Trinajstić information content (AvgIpc) is 3.10. The minimum atomic E-state index is -0.939. The Kier molecular flexibility index (Phi) is 8.21. The van der Waals surface area contributed by atoms with E-state index in [0.717, 1.165) is 56.9 Å². The molecule has 35 heavy (non-hydrogen) atoms. The molecule has 2 aromatic carbocycles. The molecule has 6 nitrogen and oxygen atoms in total. The number of aromatic carboxylic acids is 1. The van der Waals surface area contributed by atoms with Crippen molar-refractivity contribution in [1.29, 1.82) is 0 Å². The van der Waals surface area contributed by atoms with Crippen molar-refractivity contribution < 1.29 is 14.3 Å². The number of carboxylic acids is 1. The largest absolute Gasteiger partial charge is 0.478 e. The number of carbonyl (C=O) groups is 1. The number of nitrogens with one attached hydrogen (secondary N) is 1.